The summed E-state index contributed by atoms with van der Waals surface area (Å²) >= 11 is 0. The van der Waals surface area contributed by atoms with Gasteiger partial charge in [-0.15, -0.1) is 0 Å². The summed E-state index contributed by atoms with van der Waals surface area (Å²) in [5.41, 5.74) is -0.857. The van der Waals surface area contributed by atoms with E-state index in [1.807, 2.05) is 46.4 Å². The molecular formula is C25H46N4O5. The van der Waals surface area contributed by atoms with Crippen molar-refractivity contribution >= 4 is 18.0 Å². The Labute approximate surface area is 205 Å². The normalized spacial score (nSPS) is 21.6. The average Bonchev–Trinajstić information content (AvgIpc) is 2.73. The number of ether oxygens (including phenoxy) is 2. The van der Waals surface area contributed by atoms with Crippen LogP contribution in [0.3, 0.4) is 0 Å². The molecule has 3 rings (SSSR count). The van der Waals surface area contributed by atoms with Gasteiger partial charge in [0.1, 0.15) is 17.0 Å². The highest BCUT2D eigenvalue weighted by Crippen LogP contribution is 2.20. The third kappa shape index (κ3) is 10.2. The summed E-state index contributed by atoms with van der Waals surface area (Å²) in [4.78, 5) is 42.9. The van der Waals surface area contributed by atoms with Crippen LogP contribution < -0.4 is 0 Å². The van der Waals surface area contributed by atoms with Crippen LogP contribution in [-0.2, 0) is 14.3 Å². The molecule has 3 aliphatic rings. The van der Waals surface area contributed by atoms with Crippen LogP contribution in [0, 0.1) is 0 Å². The van der Waals surface area contributed by atoms with Crippen molar-refractivity contribution in [3.63, 3.8) is 0 Å². The zero-order chi connectivity index (χ0) is 25.5. The highest BCUT2D eigenvalue weighted by atomic mass is 16.6. The van der Waals surface area contributed by atoms with Crippen LogP contribution in [-0.4, -0.2) is 114 Å². The Morgan fingerprint density at radius 2 is 1.12 bits per heavy atom. The first-order valence-electron chi connectivity index (χ1n) is 12.6. The minimum atomic E-state index is -0.460. The van der Waals surface area contributed by atoms with Gasteiger partial charge < -0.3 is 24.2 Å². The second-order valence-corrected chi connectivity index (χ2v) is 11.5. The number of piperazine rings is 1. The number of hydrogen-bond acceptors (Lipinski definition) is 7. The molecule has 34 heavy (non-hydrogen) atoms. The lowest BCUT2D eigenvalue weighted by molar-refractivity contribution is -0.121. The first-order chi connectivity index (χ1) is 15.7. The molecule has 0 aromatic carbocycles. The number of carbonyl (C=O) groups excluding carboxylic acids is 3. The van der Waals surface area contributed by atoms with Crippen molar-refractivity contribution in [3.8, 4) is 0 Å². The first-order valence-corrected chi connectivity index (χ1v) is 12.6. The van der Waals surface area contributed by atoms with Crippen molar-refractivity contribution in [1.29, 1.82) is 0 Å². The average molecular weight is 483 g/mol. The number of ketones is 1. The molecule has 0 aliphatic carbocycles. The summed E-state index contributed by atoms with van der Waals surface area (Å²) in [6.45, 7) is 18.5. The van der Waals surface area contributed by atoms with Crippen molar-refractivity contribution in [3.05, 3.63) is 0 Å². The SMILES string of the molecule is CC(C)(C)OC(=O)N1CCC(=O)CC1.CN1CCN(C2CCN(C(=O)OC(C)(C)C)CC2)CC1. The molecule has 3 fully saturated rings. The number of amides is 2. The number of piperidine rings is 2. The Morgan fingerprint density at radius 1 is 0.706 bits per heavy atom. The Balaban J connectivity index is 0.000000257. The van der Waals surface area contributed by atoms with E-state index in [-0.39, 0.29) is 18.0 Å². The largest absolute Gasteiger partial charge is 0.444 e. The van der Waals surface area contributed by atoms with E-state index in [9.17, 15) is 14.4 Å². The van der Waals surface area contributed by atoms with Crippen LogP contribution in [0.5, 0.6) is 0 Å². The minimum absolute atomic E-state index is 0.158. The second-order valence-electron chi connectivity index (χ2n) is 11.5. The summed E-state index contributed by atoms with van der Waals surface area (Å²) in [7, 11) is 2.18. The van der Waals surface area contributed by atoms with Crippen molar-refractivity contribution in [2.75, 3.05) is 59.4 Å². The standard InChI is InChI=1S/C15H29N3O2.C10H17NO3/c1-15(2,3)20-14(19)18-7-5-13(6-8-18)17-11-9-16(4)10-12-17;1-10(2,3)14-9(13)11-6-4-8(12)5-7-11/h13H,5-12H2,1-4H3;4-7H2,1-3H3. The fourth-order valence-corrected chi connectivity index (χ4v) is 4.19. The van der Waals surface area contributed by atoms with Gasteiger partial charge in [-0.1, -0.05) is 0 Å². The lowest BCUT2D eigenvalue weighted by atomic mass is 10.0. The zero-order valence-corrected chi connectivity index (χ0v) is 22.4. The lowest BCUT2D eigenvalue weighted by Crippen LogP contribution is -2.53. The Kier molecular flexibility index (Phi) is 10.2. The Hall–Kier alpha value is -1.87. The molecule has 3 aliphatic heterocycles. The second kappa shape index (κ2) is 12.2. The summed E-state index contributed by atoms with van der Waals surface area (Å²) in [6, 6.07) is 0.641. The summed E-state index contributed by atoms with van der Waals surface area (Å²) in [5.74, 6) is 0.227. The maximum atomic E-state index is 12.0. The van der Waals surface area contributed by atoms with E-state index < -0.39 is 11.2 Å². The lowest BCUT2D eigenvalue weighted by Gasteiger charge is -2.42. The van der Waals surface area contributed by atoms with Crippen LogP contribution >= 0.6 is 0 Å². The summed E-state index contributed by atoms with van der Waals surface area (Å²) < 4.78 is 10.6. The number of carbonyl (C=O) groups is 3. The van der Waals surface area contributed by atoms with Crippen LogP contribution in [0.25, 0.3) is 0 Å². The topological polar surface area (TPSA) is 82.6 Å². The molecule has 0 aromatic rings. The molecule has 3 heterocycles. The van der Waals surface area contributed by atoms with Gasteiger partial charge in [-0.3, -0.25) is 9.69 Å². The molecule has 0 spiro atoms. The van der Waals surface area contributed by atoms with E-state index >= 15 is 0 Å². The fourth-order valence-electron chi connectivity index (χ4n) is 4.19. The van der Waals surface area contributed by atoms with Gasteiger partial charge in [0.2, 0.25) is 0 Å². The van der Waals surface area contributed by atoms with Crippen LogP contribution in [0.15, 0.2) is 0 Å². The maximum Gasteiger partial charge on any atom is 0.410 e. The highest BCUT2D eigenvalue weighted by Gasteiger charge is 2.30. The quantitative estimate of drug-likeness (QED) is 0.567. The van der Waals surface area contributed by atoms with Gasteiger partial charge in [0.15, 0.2) is 0 Å². The third-order valence-electron chi connectivity index (χ3n) is 6.14. The zero-order valence-electron chi connectivity index (χ0n) is 22.4. The molecule has 2 amide bonds. The molecule has 0 atom stereocenters. The van der Waals surface area contributed by atoms with Crippen LogP contribution in [0.2, 0.25) is 0 Å². The van der Waals surface area contributed by atoms with Crippen molar-refractivity contribution in [1.82, 2.24) is 19.6 Å². The van der Waals surface area contributed by atoms with E-state index in [2.05, 4.69) is 16.8 Å². The highest BCUT2D eigenvalue weighted by molar-refractivity contribution is 5.81. The van der Waals surface area contributed by atoms with E-state index in [4.69, 9.17) is 9.47 Å². The number of hydrogen-bond donors (Lipinski definition) is 0. The third-order valence-corrected chi connectivity index (χ3v) is 6.14. The van der Waals surface area contributed by atoms with E-state index in [1.54, 1.807) is 4.90 Å². The monoisotopic (exact) mass is 482 g/mol. The molecule has 9 heteroatoms. The van der Waals surface area contributed by atoms with Crippen LogP contribution in [0.4, 0.5) is 9.59 Å². The van der Waals surface area contributed by atoms with Gasteiger partial charge in [0.05, 0.1) is 0 Å². The Morgan fingerprint density at radius 3 is 1.53 bits per heavy atom. The van der Waals surface area contributed by atoms with E-state index in [0.29, 0.717) is 32.0 Å². The molecule has 0 unspecified atom stereocenters. The molecule has 9 nitrogen and oxygen atoms in total. The predicted octanol–water partition coefficient (Wildman–Crippen LogP) is 3.22. The molecule has 0 bridgehead atoms. The minimum Gasteiger partial charge on any atom is -0.444 e. The fraction of sp³-hybridized carbons (Fsp3) is 0.880. The molecular weight excluding hydrogens is 436 g/mol. The van der Waals surface area contributed by atoms with E-state index in [0.717, 1.165) is 52.1 Å². The van der Waals surface area contributed by atoms with Gasteiger partial charge in [-0.25, -0.2) is 9.59 Å². The summed E-state index contributed by atoms with van der Waals surface area (Å²) in [6.07, 6.45) is 2.59. The van der Waals surface area contributed by atoms with Gasteiger partial charge in [0.25, 0.3) is 0 Å². The molecule has 0 N–H and O–H groups in total. The van der Waals surface area contributed by atoms with Crippen molar-refractivity contribution in [2.45, 2.75) is 84.5 Å². The molecule has 0 saturated carbocycles. The molecule has 0 radical (unpaired) electrons. The van der Waals surface area contributed by atoms with Gasteiger partial charge in [-0.05, 0) is 61.4 Å². The molecule has 3 saturated heterocycles. The number of nitrogens with zero attached hydrogens (tertiary/aromatic N) is 4. The number of Topliss-reactive ketones (excluding diaryl/α,β-unsaturated/α-hetero) is 1. The van der Waals surface area contributed by atoms with Gasteiger partial charge >= 0.3 is 12.2 Å². The number of rotatable bonds is 1. The van der Waals surface area contributed by atoms with E-state index in [1.165, 1.54) is 0 Å². The maximum absolute atomic E-state index is 12.0. The van der Waals surface area contributed by atoms with Gasteiger partial charge in [0, 0.05) is 71.2 Å². The summed E-state index contributed by atoms with van der Waals surface area (Å²) in [5, 5.41) is 0. The first kappa shape index (κ1) is 28.4. The van der Waals surface area contributed by atoms with Crippen LogP contribution in [0.1, 0.15) is 67.2 Å². The van der Waals surface area contributed by atoms with Gasteiger partial charge in [-0.2, -0.15) is 0 Å². The molecule has 0 aromatic heterocycles. The Bertz CT molecular complexity index is 674. The predicted molar refractivity (Wildman–Crippen MR) is 132 cm³/mol. The number of likely N-dealkylation sites (tertiary alicyclic amines) is 2. The molecule has 196 valence electrons. The number of likely N-dealkylation sites (N-methyl/N-ethyl adjacent to an activating group) is 1. The smallest absolute Gasteiger partial charge is 0.410 e. The van der Waals surface area contributed by atoms with Crippen molar-refractivity contribution in [2.24, 2.45) is 0 Å². The van der Waals surface area contributed by atoms with Crippen molar-refractivity contribution < 1.29 is 23.9 Å².